The molecule has 0 aromatic rings. The second-order valence-electron chi connectivity index (χ2n) is 6.46. The summed E-state index contributed by atoms with van der Waals surface area (Å²) in [5.74, 6) is 1.46. The molecule has 2 unspecified atom stereocenters. The van der Waals surface area contributed by atoms with Crippen LogP contribution in [0.4, 0.5) is 0 Å². The van der Waals surface area contributed by atoms with Crippen molar-refractivity contribution in [1.82, 2.24) is 10.2 Å². The van der Waals surface area contributed by atoms with Crippen LogP contribution in [0.15, 0.2) is 0 Å². The maximum atomic E-state index is 5.70. The molecule has 0 radical (unpaired) electrons. The first-order valence-corrected chi connectivity index (χ1v) is 8.37. The average Bonchev–Trinajstić information content (AvgIpc) is 2.47. The third-order valence-corrected chi connectivity index (χ3v) is 4.59. The van der Waals surface area contributed by atoms with E-state index in [1.165, 1.54) is 25.8 Å². The molecule has 2 fully saturated rings. The summed E-state index contributed by atoms with van der Waals surface area (Å²) in [6.07, 6.45) is 4.82. The van der Waals surface area contributed by atoms with Crippen LogP contribution in [0.5, 0.6) is 0 Å². The topological polar surface area (TPSA) is 33.7 Å². The number of hydrogen-bond donors (Lipinski definition) is 1. The number of nitrogens with zero attached hydrogens (tertiary/aromatic N) is 1. The van der Waals surface area contributed by atoms with Gasteiger partial charge in [-0.25, -0.2) is 0 Å². The van der Waals surface area contributed by atoms with Gasteiger partial charge in [0.15, 0.2) is 0 Å². The van der Waals surface area contributed by atoms with Crippen molar-refractivity contribution in [3.63, 3.8) is 0 Å². The van der Waals surface area contributed by atoms with Gasteiger partial charge in [-0.05, 0) is 45.2 Å². The minimum absolute atomic E-state index is 0.639. The molecular formula is C16H32N2O2. The van der Waals surface area contributed by atoms with Crippen molar-refractivity contribution < 1.29 is 9.47 Å². The zero-order valence-electron chi connectivity index (χ0n) is 13.3. The van der Waals surface area contributed by atoms with Gasteiger partial charge in [-0.15, -0.1) is 0 Å². The van der Waals surface area contributed by atoms with Crippen LogP contribution >= 0.6 is 0 Å². The highest BCUT2D eigenvalue weighted by molar-refractivity contribution is 4.82. The van der Waals surface area contributed by atoms with Crippen LogP contribution in [0.2, 0.25) is 0 Å². The van der Waals surface area contributed by atoms with Crippen LogP contribution < -0.4 is 5.32 Å². The van der Waals surface area contributed by atoms with E-state index in [9.17, 15) is 0 Å². The highest BCUT2D eigenvalue weighted by Crippen LogP contribution is 2.19. The number of hydrogen-bond acceptors (Lipinski definition) is 4. The van der Waals surface area contributed by atoms with Crippen LogP contribution in [-0.2, 0) is 9.47 Å². The molecule has 0 aromatic heterocycles. The molecule has 0 bridgehead atoms. The van der Waals surface area contributed by atoms with E-state index in [1.54, 1.807) is 0 Å². The summed E-state index contributed by atoms with van der Waals surface area (Å²) >= 11 is 0. The molecule has 2 rings (SSSR count). The molecule has 4 nitrogen and oxygen atoms in total. The Morgan fingerprint density at radius 3 is 2.55 bits per heavy atom. The molecule has 0 saturated carbocycles. The second-order valence-corrected chi connectivity index (χ2v) is 6.46. The lowest BCUT2D eigenvalue weighted by Crippen LogP contribution is -2.48. The zero-order chi connectivity index (χ0) is 14.2. The largest absolute Gasteiger partial charge is 0.381 e. The molecule has 4 heteroatoms. The molecule has 0 spiro atoms. The first-order valence-electron chi connectivity index (χ1n) is 8.37. The first kappa shape index (κ1) is 16.2. The van der Waals surface area contributed by atoms with Gasteiger partial charge in [-0.1, -0.05) is 6.92 Å². The minimum atomic E-state index is 0.639. The highest BCUT2D eigenvalue weighted by Gasteiger charge is 2.27. The second kappa shape index (κ2) is 8.98. The Labute approximate surface area is 124 Å². The van der Waals surface area contributed by atoms with Gasteiger partial charge in [0, 0.05) is 44.9 Å². The van der Waals surface area contributed by atoms with Gasteiger partial charge >= 0.3 is 0 Å². The van der Waals surface area contributed by atoms with E-state index in [-0.39, 0.29) is 0 Å². The maximum absolute atomic E-state index is 5.70. The Hall–Kier alpha value is -0.160. The Morgan fingerprint density at radius 1 is 1.05 bits per heavy atom. The zero-order valence-corrected chi connectivity index (χ0v) is 13.3. The van der Waals surface area contributed by atoms with Crippen LogP contribution in [-0.4, -0.2) is 64.1 Å². The molecule has 2 heterocycles. The first-order chi connectivity index (χ1) is 9.79. The van der Waals surface area contributed by atoms with Gasteiger partial charge in [0.05, 0.1) is 6.61 Å². The summed E-state index contributed by atoms with van der Waals surface area (Å²) in [6.45, 7) is 9.46. The SMILES string of the molecule is CCCNC1CCOCC1CN(C)CC1CCOCC1. The fourth-order valence-electron chi connectivity index (χ4n) is 3.42. The number of ether oxygens (including phenoxy) is 2. The van der Waals surface area contributed by atoms with Crippen molar-refractivity contribution >= 4 is 0 Å². The quantitative estimate of drug-likeness (QED) is 0.772. The van der Waals surface area contributed by atoms with Crippen molar-refractivity contribution in [1.29, 1.82) is 0 Å². The minimum Gasteiger partial charge on any atom is -0.381 e. The van der Waals surface area contributed by atoms with Gasteiger partial charge in [0.25, 0.3) is 0 Å². The summed E-state index contributed by atoms with van der Waals surface area (Å²) in [7, 11) is 2.26. The van der Waals surface area contributed by atoms with Gasteiger partial charge in [-0.2, -0.15) is 0 Å². The van der Waals surface area contributed by atoms with Crippen molar-refractivity contribution in [3.05, 3.63) is 0 Å². The van der Waals surface area contributed by atoms with Gasteiger partial charge in [-0.3, -0.25) is 0 Å². The average molecular weight is 284 g/mol. The molecule has 2 saturated heterocycles. The lowest BCUT2D eigenvalue weighted by molar-refractivity contribution is 0.0124. The van der Waals surface area contributed by atoms with Crippen molar-refractivity contribution in [2.45, 2.75) is 38.6 Å². The monoisotopic (exact) mass is 284 g/mol. The Bertz CT molecular complexity index is 257. The van der Waals surface area contributed by atoms with Crippen molar-refractivity contribution in [2.75, 3.05) is 53.1 Å². The molecule has 118 valence electrons. The Balaban J connectivity index is 1.73. The smallest absolute Gasteiger partial charge is 0.0521 e. The van der Waals surface area contributed by atoms with E-state index >= 15 is 0 Å². The summed E-state index contributed by atoms with van der Waals surface area (Å²) in [5.41, 5.74) is 0. The summed E-state index contributed by atoms with van der Waals surface area (Å²) < 4.78 is 11.1. The van der Waals surface area contributed by atoms with Crippen molar-refractivity contribution in [2.24, 2.45) is 11.8 Å². The van der Waals surface area contributed by atoms with E-state index in [2.05, 4.69) is 24.2 Å². The summed E-state index contributed by atoms with van der Waals surface area (Å²) in [4.78, 5) is 2.51. The summed E-state index contributed by atoms with van der Waals surface area (Å²) in [6, 6.07) is 0.640. The lowest BCUT2D eigenvalue weighted by atomic mass is 9.94. The van der Waals surface area contributed by atoms with Crippen LogP contribution in [0.1, 0.15) is 32.6 Å². The normalized spacial score (nSPS) is 28.9. The molecule has 2 atom stereocenters. The predicted octanol–water partition coefficient (Wildman–Crippen LogP) is 1.75. The highest BCUT2D eigenvalue weighted by atomic mass is 16.5. The molecule has 0 aromatic carbocycles. The molecule has 0 amide bonds. The van der Waals surface area contributed by atoms with E-state index in [1.807, 2.05) is 0 Å². The molecule has 2 aliphatic rings. The fraction of sp³-hybridized carbons (Fsp3) is 1.00. The van der Waals surface area contributed by atoms with Crippen LogP contribution in [0.25, 0.3) is 0 Å². The lowest BCUT2D eigenvalue weighted by Gasteiger charge is -2.36. The third-order valence-electron chi connectivity index (χ3n) is 4.59. The molecule has 0 aliphatic carbocycles. The van der Waals surface area contributed by atoms with E-state index < -0.39 is 0 Å². The predicted molar refractivity (Wildman–Crippen MR) is 82.0 cm³/mol. The van der Waals surface area contributed by atoms with Crippen LogP contribution in [0.3, 0.4) is 0 Å². The maximum Gasteiger partial charge on any atom is 0.0521 e. The van der Waals surface area contributed by atoms with E-state index in [0.717, 1.165) is 51.9 Å². The fourth-order valence-corrected chi connectivity index (χ4v) is 3.42. The molecule has 2 aliphatic heterocycles. The number of rotatable bonds is 7. The van der Waals surface area contributed by atoms with Gasteiger partial charge in [0.2, 0.25) is 0 Å². The van der Waals surface area contributed by atoms with Gasteiger partial charge < -0.3 is 19.7 Å². The summed E-state index contributed by atoms with van der Waals surface area (Å²) in [5, 5.41) is 3.70. The molecule has 20 heavy (non-hydrogen) atoms. The van der Waals surface area contributed by atoms with Gasteiger partial charge in [0.1, 0.15) is 0 Å². The van der Waals surface area contributed by atoms with Crippen LogP contribution in [0, 0.1) is 11.8 Å². The molecule has 1 N–H and O–H groups in total. The molecular weight excluding hydrogens is 252 g/mol. The third kappa shape index (κ3) is 5.32. The Morgan fingerprint density at radius 2 is 1.80 bits per heavy atom. The Kier molecular flexibility index (Phi) is 7.28. The standard InChI is InChI=1S/C16H32N2O2/c1-3-7-17-16-6-10-20-13-15(16)12-18(2)11-14-4-8-19-9-5-14/h14-17H,3-13H2,1-2H3. The van der Waals surface area contributed by atoms with E-state index in [0.29, 0.717) is 12.0 Å². The van der Waals surface area contributed by atoms with E-state index in [4.69, 9.17) is 9.47 Å². The number of nitrogens with one attached hydrogen (secondary N) is 1. The van der Waals surface area contributed by atoms with Crippen molar-refractivity contribution in [3.8, 4) is 0 Å².